The van der Waals surface area contributed by atoms with Crippen LogP contribution in [0.4, 0.5) is 0 Å². The number of fused-ring (bicyclic) bond motifs is 1. The Kier molecular flexibility index (Phi) is 4.12. The summed E-state index contributed by atoms with van der Waals surface area (Å²) in [5.41, 5.74) is 1.51. The SMILES string of the molecule is O=C1CC[C@H](N2Cc3c(Br)c(Br)cc(I)c3C2=O)C(=O)N1. The maximum absolute atomic E-state index is 12.6. The minimum absolute atomic E-state index is 0.155. The molecular formula is C13H9Br2IN2O3. The summed E-state index contributed by atoms with van der Waals surface area (Å²) in [7, 11) is 0. The van der Waals surface area contributed by atoms with Crippen LogP contribution in [0.1, 0.15) is 28.8 Å². The molecule has 2 aliphatic heterocycles. The smallest absolute Gasteiger partial charge is 0.256 e. The van der Waals surface area contributed by atoms with E-state index in [-0.39, 0.29) is 18.2 Å². The highest BCUT2D eigenvalue weighted by Gasteiger charge is 2.41. The maximum atomic E-state index is 12.6. The van der Waals surface area contributed by atoms with E-state index in [1.165, 1.54) is 0 Å². The molecule has 0 saturated carbocycles. The van der Waals surface area contributed by atoms with Gasteiger partial charge in [0, 0.05) is 31.0 Å². The number of piperidine rings is 1. The number of amides is 3. The minimum atomic E-state index is -0.580. The molecule has 1 saturated heterocycles. The van der Waals surface area contributed by atoms with E-state index in [2.05, 4.69) is 59.8 Å². The van der Waals surface area contributed by atoms with Crippen LogP contribution < -0.4 is 5.32 Å². The number of halogens is 3. The molecule has 1 aromatic carbocycles. The molecule has 0 bridgehead atoms. The van der Waals surface area contributed by atoms with Crippen molar-refractivity contribution in [2.24, 2.45) is 0 Å². The van der Waals surface area contributed by atoms with Crippen molar-refractivity contribution in [3.63, 3.8) is 0 Å². The zero-order chi connectivity index (χ0) is 15.3. The number of carbonyl (C=O) groups excluding carboxylic acids is 3. The first-order valence-electron chi connectivity index (χ1n) is 6.21. The fraction of sp³-hybridized carbons (Fsp3) is 0.308. The second kappa shape index (κ2) is 5.62. The van der Waals surface area contributed by atoms with Crippen LogP contribution in [0.2, 0.25) is 0 Å². The maximum Gasteiger partial charge on any atom is 0.256 e. The predicted molar refractivity (Wildman–Crippen MR) is 90.6 cm³/mol. The lowest BCUT2D eigenvalue weighted by Crippen LogP contribution is -2.52. The van der Waals surface area contributed by atoms with Crippen LogP contribution in [0.3, 0.4) is 0 Å². The zero-order valence-electron chi connectivity index (χ0n) is 10.6. The lowest BCUT2D eigenvalue weighted by Gasteiger charge is -2.29. The van der Waals surface area contributed by atoms with Crippen LogP contribution >= 0.6 is 54.5 Å². The molecule has 0 spiro atoms. The van der Waals surface area contributed by atoms with Crippen LogP contribution in [0.15, 0.2) is 15.0 Å². The number of rotatable bonds is 1. The van der Waals surface area contributed by atoms with Crippen molar-refractivity contribution in [1.82, 2.24) is 10.2 Å². The number of imide groups is 1. The van der Waals surface area contributed by atoms with Crippen molar-refractivity contribution < 1.29 is 14.4 Å². The second-order valence-corrected chi connectivity index (χ2v) is 7.72. The van der Waals surface area contributed by atoms with Crippen molar-refractivity contribution in [3.8, 4) is 0 Å². The summed E-state index contributed by atoms with van der Waals surface area (Å²) in [6, 6.07) is 1.29. The van der Waals surface area contributed by atoms with Gasteiger partial charge >= 0.3 is 0 Å². The van der Waals surface area contributed by atoms with Gasteiger partial charge in [0.15, 0.2) is 0 Å². The molecule has 1 fully saturated rings. The van der Waals surface area contributed by atoms with E-state index in [1.807, 2.05) is 6.07 Å². The summed E-state index contributed by atoms with van der Waals surface area (Å²) >= 11 is 9.06. The van der Waals surface area contributed by atoms with E-state index in [9.17, 15) is 14.4 Å². The van der Waals surface area contributed by atoms with Gasteiger partial charge in [0.05, 0.1) is 5.56 Å². The van der Waals surface area contributed by atoms with Gasteiger partial charge in [0.25, 0.3) is 5.91 Å². The van der Waals surface area contributed by atoms with Gasteiger partial charge in [-0.3, -0.25) is 19.7 Å². The average Bonchev–Trinajstić information content (AvgIpc) is 2.75. The molecule has 8 heteroatoms. The van der Waals surface area contributed by atoms with Crippen LogP contribution in [0, 0.1) is 3.57 Å². The molecule has 1 N–H and O–H groups in total. The Balaban J connectivity index is 1.97. The first-order chi connectivity index (χ1) is 9.90. The number of carbonyl (C=O) groups is 3. The predicted octanol–water partition coefficient (Wildman–Crippen LogP) is 2.58. The van der Waals surface area contributed by atoms with Crippen molar-refractivity contribution in [3.05, 3.63) is 29.7 Å². The fourth-order valence-corrected chi connectivity index (χ4v) is 4.84. The van der Waals surface area contributed by atoms with Crippen LogP contribution in [0.5, 0.6) is 0 Å². The van der Waals surface area contributed by atoms with Crippen molar-refractivity contribution >= 4 is 72.2 Å². The highest BCUT2D eigenvalue weighted by atomic mass is 127. The monoisotopic (exact) mass is 526 g/mol. The van der Waals surface area contributed by atoms with Gasteiger partial charge in [-0.1, -0.05) is 0 Å². The Morgan fingerprint density at radius 2 is 2.00 bits per heavy atom. The number of hydrogen-bond acceptors (Lipinski definition) is 3. The standard InChI is InChI=1S/C13H9Br2IN2O3/c14-6-3-7(16)10-5(11(6)15)4-18(13(10)21)8-1-2-9(19)17-12(8)20/h3,8H,1-2,4H2,(H,17,19,20)/t8-/m0/s1. The van der Waals surface area contributed by atoms with E-state index in [4.69, 9.17) is 0 Å². The van der Waals surface area contributed by atoms with E-state index in [0.29, 0.717) is 18.5 Å². The third-order valence-electron chi connectivity index (χ3n) is 3.66. The highest BCUT2D eigenvalue weighted by molar-refractivity contribution is 14.1. The minimum Gasteiger partial charge on any atom is -0.322 e. The number of benzene rings is 1. The lowest BCUT2D eigenvalue weighted by molar-refractivity contribution is -0.136. The molecule has 0 aromatic heterocycles. The van der Waals surface area contributed by atoms with Gasteiger partial charge in [-0.05, 0) is 66.9 Å². The molecule has 1 atom stereocenters. The van der Waals surface area contributed by atoms with Crippen LogP contribution in [0.25, 0.3) is 0 Å². The zero-order valence-corrected chi connectivity index (χ0v) is 15.9. The van der Waals surface area contributed by atoms with Gasteiger partial charge in [-0.15, -0.1) is 0 Å². The van der Waals surface area contributed by atoms with Gasteiger partial charge in [0.2, 0.25) is 11.8 Å². The van der Waals surface area contributed by atoms with E-state index in [1.54, 1.807) is 4.90 Å². The highest BCUT2D eigenvalue weighted by Crippen LogP contribution is 2.39. The summed E-state index contributed by atoms with van der Waals surface area (Å²) in [6.07, 6.45) is 0.637. The second-order valence-electron chi connectivity index (χ2n) is 4.91. The van der Waals surface area contributed by atoms with Gasteiger partial charge in [0.1, 0.15) is 6.04 Å². The molecule has 110 valence electrons. The molecule has 0 aliphatic carbocycles. The Labute approximate surface area is 151 Å². The van der Waals surface area contributed by atoms with Crippen LogP contribution in [-0.2, 0) is 16.1 Å². The molecule has 1 aromatic rings. The quantitative estimate of drug-likeness (QED) is 0.347. The third kappa shape index (κ3) is 2.55. The Hall–Kier alpha value is -0.480. The number of nitrogens with one attached hydrogen (secondary N) is 1. The molecular weight excluding hydrogens is 519 g/mol. The van der Waals surface area contributed by atoms with Gasteiger partial charge < -0.3 is 4.90 Å². The molecule has 3 amide bonds. The Bertz CT molecular complexity index is 692. The first kappa shape index (κ1) is 15.4. The van der Waals surface area contributed by atoms with E-state index < -0.39 is 11.9 Å². The summed E-state index contributed by atoms with van der Waals surface area (Å²) in [5, 5.41) is 2.30. The summed E-state index contributed by atoms with van der Waals surface area (Å²) in [5.74, 6) is -0.825. The van der Waals surface area contributed by atoms with Crippen molar-refractivity contribution in [2.75, 3.05) is 0 Å². The fourth-order valence-electron chi connectivity index (χ4n) is 2.64. The number of nitrogens with zero attached hydrogens (tertiary/aromatic N) is 1. The number of hydrogen-bond donors (Lipinski definition) is 1. The van der Waals surface area contributed by atoms with Gasteiger partial charge in [-0.2, -0.15) is 0 Å². The summed E-state index contributed by atoms with van der Waals surface area (Å²) in [6.45, 7) is 0.371. The average molecular weight is 528 g/mol. The third-order valence-corrected chi connectivity index (χ3v) is 6.57. The molecule has 0 unspecified atom stereocenters. The largest absolute Gasteiger partial charge is 0.322 e. The molecule has 3 rings (SSSR count). The molecule has 5 nitrogen and oxygen atoms in total. The van der Waals surface area contributed by atoms with E-state index >= 15 is 0 Å². The topological polar surface area (TPSA) is 66.5 Å². The van der Waals surface area contributed by atoms with Crippen LogP contribution in [-0.4, -0.2) is 28.7 Å². The van der Waals surface area contributed by atoms with E-state index in [0.717, 1.165) is 18.1 Å². The lowest BCUT2D eigenvalue weighted by atomic mass is 10.0. The molecule has 21 heavy (non-hydrogen) atoms. The molecule has 2 aliphatic rings. The molecule has 2 heterocycles. The first-order valence-corrected chi connectivity index (χ1v) is 8.87. The van der Waals surface area contributed by atoms with Crippen molar-refractivity contribution in [2.45, 2.75) is 25.4 Å². The molecule has 0 radical (unpaired) electrons. The summed E-state index contributed by atoms with van der Waals surface area (Å²) < 4.78 is 2.56. The Morgan fingerprint density at radius 1 is 1.29 bits per heavy atom. The van der Waals surface area contributed by atoms with Gasteiger partial charge in [-0.25, -0.2) is 0 Å². The summed E-state index contributed by atoms with van der Waals surface area (Å²) in [4.78, 5) is 37.4. The Morgan fingerprint density at radius 3 is 2.67 bits per heavy atom. The normalized spacial score (nSPS) is 21.6. The van der Waals surface area contributed by atoms with Crippen molar-refractivity contribution in [1.29, 1.82) is 0 Å².